The molecule has 0 heterocycles. The molecule has 16 heavy (non-hydrogen) atoms. The maximum absolute atomic E-state index is 9.82. The van der Waals surface area contributed by atoms with E-state index in [0.29, 0.717) is 16.3 Å². The fourth-order valence-corrected chi connectivity index (χ4v) is 1.53. The van der Waals surface area contributed by atoms with Crippen molar-refractivity contribution in [1.82, 2.24) is 0 Å². The van der Waals surface area contributed by atoms with Crippen molar-refractivity contribution in [3.05, 3.63) is 28.8 Å². The van der Waals surface area contributed by atoms with Gasteiger partial charge in [0.05, 0.1) is 25.7 Å². The first-order valence-corrected chi connectivity index (χ1v) is 5.04. The summed E-state index contributed by atoms with van der Waals surface area (Å²) < 4.78 is 5.04. The summed E-state index contributed by atoms with van der Waals surface area (Å²) in [7, 11) is 1.45. The van der Waals surface area contributed by atoms with E-state index in [1.54, 1.807) is 18.2 Å². The van der Waals surface area contributed by atoms with Crippen LogP contribution in [0.4, 0.5) is 0 Å². The summed E-state index contributed by atoms with van der Waals surface area (Å²) in [5.74, 6) is 0.425. The molecule has 1 rings (SSSR count). The van der Waals surface area contributed by atoms with Crippen molar-refractivity contribution in [3.63, 3.8) is 0 Å². The summed E-state index contributed by atoms with van der Waals surface area (Å²) in [5.41, 5.74) is 0.373. The average Bonchev–Trinajstić information content (AvgIpc) is 2.28. The Hall–Kier alpha value is -1.28. The monoisotopic (exact) mass is 241 g/mol. The molecule has 2 N–H and O–H groups in total. The van der Waals surface area contributed by atoms with E-state index in [1.807, 2.05) is 0 Å². The lowest BCUT2D eigenvalue weighted by Gasteiger charge is -2.18. The van der Waals surface area contributed by atoms with E-state index in [9.17, 15) is 10.2 Å². The van der Waals surface area contributed by atoms with Crippen molar-refractivity contribution in [2.45, 2.75) is 18.6 Å². The molecule has 0 fully saturated rings. The Kier molecular flexibility index (Phi) is 4.56. The van der Waals surface area contributed by atoms with Gasteiger partial charge in [0, 0.05) is 10.6 Å². The van der Waals surface area contributed by atoms with Crippen LogP contribution in [0.2, 0.25) is 5.02 Å². The zero-order chi connectivity index (χ0) is 12.1. The minimum Gasteiger partial charge on any atom is -0.496 e. The highest BCUT2D eigenvalue weighted by atomic mass is 35.5. The zero-order valence-electron chi connectivity index (χ0n) is 8.72. The van der Waals surface area contributed by atoms with Crippen LogP contribution in [0, 0.1) is 11.3 Å². The number of halogens is 1. The molecular formula is C11H12ClNO3. The summed E-state index contributed by atoms with van der Waals surface area (Å²) >= 11 is 5.79. The molecule has 0 spiro atoms. The molecule has 0 saturated heterocycles. The lowest BCUT2D eigenvalue weighted by atomic mass is 10.0. The van der Waals surface area contributed by atoms with Crippen LogP contribution in [0.25, 0.3) is 0 Å². The van der Waals surface area contributed by atoms with Crippen LogP contribution in [-0.4, -0.2) is 23.4 Å². The Morgan fingerprint density at radius 1 is 1.50 bits per heavy atom. The number of nitrogens with zero attached hydrogens (tertiary/aromatic N) is 1. The Morgan fingerprint density at radius 3 is 2.75 bits per heavy atom. The van der Waals surface area contributed by atoms with E-state index >= 15 is 0 Å². The predicted molar refractivity (Wildman–Crippen MR) is 59.2 cm³/mol. The third-order valence-corrected chi connectivity index (χ3v) is 2.41. The van der Waals surface area contributed by atoms with Gasteiger partial charge in [0.15, 0.2) is 0 Å². The highest BCUT2D eigenvalue weighted by Gasteiger charge is 2.21. The molecule has 1 aromatic rings. The molecule has 2 atom stereocenters. The molecule has 1 aromatic carbocycles. The van der Waals surface area contributed by atoms with Crippen molar-refractivity contribution < 1.29 is 14.9 Å². The summed E-state index contributed by atoms with van der Waals surface area (Å²) in [5, 5.41) is 28.2. The Bertz CT molecular complexity index is 403. The highest BCUT2D eigenvalue weighted by Crippen LogP contribution is 2.30. The molecule has 2 unspecified atom stereocenters. The largest absolute Gasteiger partial charge is 0.496 e. The number of ether oxygens (including phenoxy) is 1. The van der Waals surface area contributed by atoms with Crippen LogP contribution in [0.15, 0.2) is 18.2 Å². The summed E-state index contributed by atoms with van der Waals surface area (Å²) in [4.78, 5) is 0. The van der Waals surface area contributed by atoms with Gasteiger partial charge in [-0.3, -0.25) is 0 Å². The smallest absolute Gasteiger partial charge is 0.124 e. The quantitative estimate of drug-likeness (QED) is 0.841. The molecule has 0 amide bonds. The molecule has 5 heteroatoms. The molecule has 0 aliphatic rings. The first kappa shape index (κ1) is 12.8. The molecule has 0 radical (unpaired) electrons. The number of rotatable bonds is 4. The topological polar surface area (TPSA) is 73.5 Å². The fourth-order valence-electron chi connectivity index (χ4n) is 1.35. The number of hydrogen-bond donors (Lipinski definition) is 2. The Labute approximate surface area is 98.7 Å². The number of aliphatic hydroxyl groups excluding tert-OH is 2. The van der Waals surface area contributed by atoms with Gasteiger partial charge in [-0.25, -0.2) is 0 Å². The maximum atomic E-state index is 9.82. The number of nitriles is 1. The summed E-state index contributed by atoms with van der Waals surface area (Å²) in [6.07, 6.45) is -2.50. The van der Waals surface area contributed by atoms with E-state index in [1.165, 1.54) is 13.2 Å². The van der Waals surface area contributed by atoms with Gasteiger partial charge in [-0.1, -0.05) is 11.6 Å². The molecular weight excluding hydrogens is 230 g/mol. The second kappa shape index (κ2) is 5.71. The first-order chi connectivity index (χ1) is 7.60. The fraction of sp³-hybridized carbons (Fsp3) is 0.364. The number of aliphatic hydroxyl groups is 2. The van der Waals surface area contributed by atoms with Crippen LogP contribution < -0.4 is 4.74 Å². The molecule has 0 aliphatic heterocycles. The average molecular weight is 242 g/mol. The second-order valence-electron chi connectivity index (χ2n) is 3.26. The van der Waals surface area contributed by atoms with Crippen molar-refractivity contribution in [2.75, 3.05) is 7.11 Å². The third-order valence-electron chi connectivity index (χ3n) is 2.18. The van der Waals surface area contributed by atoms with Crippen LogP contribution in [0.1, 0.15) is 18.1 Å². The van der Waals surface area contributed by atoms with Gasteiger partial charge in [-0.05, 0) is 18.2 Å². The van der Waals surface area contributed by atoms with Crippen LogP contribution in [0.3, 0.4) is 0 Å². The van der Waals surface area contributed by atoms with Crippen LogP contribution in [-0.2, 0) is 0 Å². The standard InChI is InChI=1S/C11H12ClNO3/c1-16-10-3-2-7(12)6-8(10)11(15)9(14)4-5-13/h2-3,6,9,11,14-15H,4H2,1H3. The molecule has 4 nitrogen and oxygen atoms in total. The van der Waals surface area contributed by atoms with Crippen LogP contribution in [0.5, 0.6) is 5.75 Å². The SMILES string of the molecule is COc1ccc(Cl)cc1C(O)C(O)CC#N. The van der Waals surface area contributed by atoms with Crippen molar-refractivity contribution in [3.8, 4) is 11.8 Å². The van der Waals surface area contributed by atoms with Gasteiger partial charge in [0.2, 0.25) is 0 Å². The van der Waals surface area contributed by atoms with E-state index in [2.05, 4.69) is 0 Å². The lowest BCUT2D eigenvalue weighted by molar-refractivity contribution is 0.0202. The van der Waals surface area contributed by atoms with Crippen molar-refractivity contribution in [2.24, 2.45) is 0 Å². The summed E-state index contributed by atoms with van der Waals surface area (Å²) in [6.45, 7) is 0. The van der Waals surface area contributed by atoms with Gasteiger partial charge >= 0.3 is 0 Å². The maximum Gasteiger partial charge on any atom is 0.124 e. The third kappa shape index (κ3) is 2.86. The van der Waals surface area contributed by atoms with Gasteiger partial charge in [0.1, 0.15) is 11.9 Å². The van der Waals surface area contributed by atoms with E-state index in [-0.39, 0.29) is 6.42 Å². The molecule has 86 valence electrons. The molecule has 0 saturated carbocycles. The zero-order valence-corrected chi connectivity index (χ0v) is 9.48. The number of benzene rings is 1. The van der Waals surface area contributed by atoms with Gasteiger partial charge in [-0.15, -0.1) is 0 Å². The highest BCUT2D eigenvalue weighted by molar-refractivity contribution is 6.30. The second-order valence-corrected chi connectivity index (χ2v) is 3.70. The number of hydrogen-bond acceptors (Lipinski definition) is 4. The normalized spacial score (nSPS) is 13.9. The Balaban J connectivity index is 3.01. The minimum absolute atomic E-state index is 0.156. The molecule has 0 aliphatic carbocycles. The van der Waals surface area contributed by atoms with Crippen molar-refractivity contribution >= 4 is 11.6 Å². The molecule has 0 aromatic heterocycles. The molecule has 0 bridgehead atoms. The van der Waals surface area contributed by atoms with E-state index in [0.717, 1.165) is 0 Å². The van der Waals surface area contributed by atoms with Gasteiger partial charge in [0.25, 0.3) is 0 Å². The van der Waals surface area contributed by atoms with Gasteiger partial charge < -0.3 is 14.9 Å². The summed E-state index contributed by atoms with van der Waals surface area (Å²) in [6, 6.07) is 6.51. The number of methoxy groups -OCH3 is 1. The van der Waals surface area contributed by atoms with Crippen LogP contribution >= 0.6 is 11.6 Å². The van der Waals surface area contributed by atoms with Gasteiger partial charge in [-0.2, -0.15) is 5.26 Å². The lowest BCUT2D eigenvalue weighted by Crippen LogP contribution is -2.18. The predicted octanol–water partition coefficient (Wildman–Crippen LogP) is 1.66. The van der Waals surface area contributed by atoms with E-state index < -0.39 is 12.2 Å². The first-order valence-electron chi connectivity index (χ1n) is 4.66. The Morgan fingerprint density at radius 2 is 2.19 bits per heavy atom. The van der Waals surface area contributed by atoms with Crippen molar-refractivity contribution in [1.29, 1.82) is 5.26 Å². The minimum atomic E-state index is -1.19. The van der Waals surface area contributed by atoms with E-state index in [4.69, 9.17) is 21.6 Å².